The van der Waals surface area contributed by atoms with Crippen molar-refractivity contribution in [3.05, 3.63) is 35.9 Å². The highest BCUT2D eigenvalue weighted by atomic mass is 16.5. The van der Waals surface area contributed by atoms with E-state index in [0.717, 1.165) is 12.0 Å². The zero-order valence-corrected chi connectivity index (χ0v) is 9.57. The molecule has 0 saturated carbocycles. The maximum absolute atomic E-state index is 11.7. The van der Waals surface area contributed by atoms with Crippen molar-refractivity contribution < 1.29 is 9.53 Å². The molecule has 0 N–H and O–H groups in total. The third-order valence-corrected chi connectivity index (χ3v) is 2.55. The Balaban J connectivity index is 2.61. The SMILES string of the molecule is CC[C@H](C)OC(=O)[C@H](C)c1ccccc1. The van der Waals surface area contributed by atoms with Gasteiger partial charge >= 0.3 is 5.97 Å². The molecule has 0 heterocycles. The molecule has 2 nitrogen and oxygen atoms in total. The summed E-state index contributed by atoms with van der Waals surface area (Å²) >= 11 is 0. The third kappa shape index (κ3) is 3.39. The van der Waals surface area contributed by atoms with E-state index in [1.54, 1.807) is 0 Å². The van der Waals surface area contributed by atoms with Gasteiger partial charge in [-0.3, -0.25) is 4.79 Å². The predicted molar refractivity (Wildman–Crippen MR) is 60.7 cm³/mol. The summed E-state index contributed by atoms with van der Waals surface area (Å²) in [5.41, 5.74) is 1.01. The van der Waals surface area contributed by atoms with Gasteiger partial charge in [0.25, 0.3) is 0 Å². The summed E-state index contributed by atoms with van der Waals surface area (Å²) < 4.78 is 5.28. The monoisotopic (exact) mass is 206 g/mol. The molecule has 0 aliphatic rings. The molecule has 0 fully saturated rings. The summed E-state index contributed by atoms with van der Waals surface area (Å²) in [4.78, 5) is 11.7. The molecule has 2 atom stereocenters. The van der Waals surface area contributed by atoms with E-state index in [1.165, 1.54) is 0 Å². The lowest BCUT2D eigenvalue weighted by atomic mass is 10.0. The third-order valence-electron chi connectivity index (χ3n) is 2.55. The molecular formula is C13H18O2. The number of esters is 1. The van der Waals surface area contributed by atoms with Crippen molar-refractivity contribution in [1.29, 1.82) is 0 Å². The van der Waals surface area contributed by atoms with Crippen LogP contribution in [0.25, 0.3) is 0 Å². The molecular weight excluding hydrogens is 188 g/mol. The Bertz CT molecular complexity index is 306. The molecule has 0 aromatic heterocycles. The van der Waals surface area contributed by atoms with Crippen LogP contribution in [0.1, 0.15) is 38.7 Å². The Hall–Kier alpha value is -1.31. The minimum atomic E-state index is -0.180. The topological polar surface area (TPSA) is 26.3 Å². The van der Waals surface area contributed by atoms with Gasteiger partial charge in [-0.2, -0.15) is 0 Å². The minimum absolute atomic E-state index is 0.00339. The lowest BCUT2D eigenvalue weighted by Gasteiger charge is -2.15. The standard InChI is InChI=1S/C13H18O2/c1-4-10(2)15-13(14)11(3)12-8-6-5-7-9-12/h5-11H,4H2,1-3H3/t10-,11+/m0/s1. The first-order valence-electron chi connectivity index (χ1n) is 5.40. The van der Waals surface area contributed by atoms with Gasteiger partial charge in [-0.15, -0.1) is 0 Å². The molecule has 0 amide bonds. The summed E-state index contributed by atoms with van der Waals surface area (Å²) in [5.74, 6) is -0.323. The molecule has 2 heteroatoms. The zero-order valence-electron chi connectivity index (χ0n) is 9.57. The van der Waals surface area contributed by atoms with Crippen LogP contribution in [-0.2, 0) is 9.53 Å². The number of carbonyl (C=O) groups excluding carboxylic acids is 1. The Morgan fingerprint density at radius 3 is 2.40 bits per heavy atom. The first-order chi connectivity index (χ1) is 7.15. The lowest BCUT2D eigenvalue weighted by Crippen LogP contribution is -2.19. The van der Waals surface area contributed by atoms with Gasteiger partial charge in [-0.25, -0.2) is 0 Å². The summed E-state index contributed by atoms with van der Waals surface area (Å²) in [6.45, 7) is 5.79. The number of hydrogen-bond acceptors (Lipinski definition) is 2. The van der Waals surface area contributed by atoms with Gasteiger partial charge in [0.1, 0.15) is 0 Å². The van der Waals surface area contributed by atoms with Gasteiger partial charge in [0.2, 0.25) is 0 Å². The second-order valence-corrected chi connectivity index (χ2v) is 3.79. The zero-order chi connectivity index (χ0) is 11.3. The molecule has 1 rings (SSSR count). The number of hydrogen-bond donors (Lipinski definition) is 0. The average Bonchev–Trinajstić information content (AvgIpc) is 2.29. The second kappa shape index (κ2) is 5.54. The molecule has 0 spiro atoms. The smallest absolute Gasteiger partial charge is 0.313 e. The van der Waals surface area contributed by atoms with Gasteiger partial charge in [-0.1, -0.05) is 37.3 Å². The second-order valence-electron chi connectivity index (χ2n) is 3.79. The Morgan fingerprint density at radius 1 is 1.27 bits per heavy atom. The van der Waals surface area contributed by atoms with Gasteiger partial charge < -0.3 is 4.74 Å². The highest BCUT2D eigenvalue weighted by molar-refractivity contribution is 5.77. The van der Waals surface area contributed by atoms with Crippen LogP contribution in [0.4, 0.5) is 0 Å². The summed E-state index contributed by atoms with van der Waals surface area (Å²) in [6, 6.07) is 9.70. The molecule has 1 aromatic rings. The maximum atomic E-state index is 11.7. The number of rotatable bonds is 4. The van der Waals surface area contributed by atoms with Gasteiger partial charge in [0, 0.05) is 0 Å². The molecule has 82 valence electrons. The van der Waals surface area contributed by atoms with Gasteiger partial charge in [-0.05, 0) is 25.8 Å². The largest absolute Gasteiger partial charge is 0.462 e. The molecule has 0 saturated heterocycles. The molecule has 0 bridgehead atoms. The van der Waals surface area contributed by atoms with Crippen molar-refractivity contribution in [2.75, 3.05) is 0 Å². The maximum Gasteiger partial charge on any atom is 0.313 e. The molecule has 0 radical (unpaired) electrons. The van der Waals surface area contributed by atoms with E-state index in [2.05, 4.69) is 0 Å². The van der Waals surface area contributed by atoms with E-state index in [9.17, 15) is 4.79 Å². The van der Waals surface area contributed by atoms with Crippen molar-refractivity contribution in [1.82, 2.24) is 0 Å². The lowest BCUT2D eigenvalue weighted by molar-refractivity contribution is -0.149. The van der Waals surface area contributed by atoms with Gasteiger partial charge in [0.15, 0.2) is 0 Å². The average molecular weight is 206 g/mol. The van der Waals surface area contributed by atoms with Crippen molar-refractivity contribution in [3.8, 4) is 0 Å². The highest BCUT2D eigenvalue weighted by Crippen LogP contribution is 2.17. The minimum Gasteiger partial charge on any atom is -0.462 e. The number of benzene rings is 1. The first kappa shape index (κ1) is 11.8. The fraction of sp³-hybridized carbons (Fsp3) is 0.462. The van der Waals surface area contributed by atoms with E-state index >= 15 is 0 Å². The quantitative estimate of drug-likeness (QED) is 0.707. The van der Waals surface area contributed by atoms with Crippen molar-refractivity contribution in [2.45, 2.75) is 39.2 Å². The first-order valence-corrected chi connectivity index (χ1v) is 5.40. The number of carbonyl (C=O) groups is 1. The van der Waals surface area contributed by atoms with Crippen LogP contribution in [-0.4, -0.2) is 12.1 Å². The fourth-order valence-corrected chi connectivity index (χ4v) is 1.26. The number of ether oxygens (including phenoxy) is 1. The van der Waals surface area contributed by atoms with Crippen LogP contribution >= 0.6 is 0 Å². The van der Waals surface area contributed by atoms with E-state index < -0.39 is 0 Å². The summed E-state index contributed by atoms with van der Waals surface area (Å²) in [6.07, 6.45) is 0.858. The van der Waals surface area contributed by atoms with Crippen LogP contribution in [0.3, 0.4) is 0 Å². The molecule has 0 unspecified atom stereocenters. The van der Waals surface area contributed by atoms with E-state index in [4.69, 9.17) is 4.74 Å². The van der Waals surface area contributed by atoms with Crippen molar-refractivity contribution in [3.63, 3.8) is 0 Å². The molecule has 0 aliphatic heterocycles. The Morgan fingerprint density at radius 2 is 1.87 bits per heavy atom. The van der Waals surface area contributed by atoms with Crippen LogP contribution < -0.4 is 0 Å². The van der Waals surface area contributed by atoms with Crippen LogP contribution in [0.2, 0.25) is 0 Å². The van der Waals surface area contributed by atoms with Crippen LogP contribution in [0.5, 0.6) is 0 Å². The van der Waals surface area contributed by atoms with Crippen molar-refractivity contribution >= 4 is 5.97 Å². The predicted octanol–water partition coefficient (Wildman–Crippen LogP) is 3.13. The Labute approximate surface area is 91.3 Å². The summed E-state index contributed by atoms with van der Waals surface area (Å²) in [5, 5.41) is 0. The van der Waals surface area contributed by atoms with E-state index in [1.807, 2.05) is 51.1 Å². The summed E-state index contributed by atoms with van der Waals surface area (Å²) in [7, 11) is 0. The van der Waals surface area contributed by atoms with Gasteiger partial charge in [0.05, 0.1) is 12.0 Å². The van der Waals surface area contributed by atoms with Crippen LogP contribution in [0.15, 0.2) is 30.3 Å². The Kier molecular flexibility index (Phi) is 4.35. The molecule has 0 aliphatic carbocycles. The molecule has 15 heavy (non-hydrogen) atoms. The van der Waals surface area contributed by atoms with E-state index in [0.29, 0.717) is 0 Å². The van der Waals surface area contributed by atoms with Crippen molar-refractivity contribution in [2.24, 2.45) is 0 Å². The molecule has 1 aromatic carbocycles. The normalized spacial score (nSPS) is 14.3. The highest BCUT2D eigenvalue weighted by Gasteiger charge is 2.17. The fourth-order valence-electron chi connectivity index (χ4n) is 1.26. The van der Waals surface area contributed by atoms with Crippen LogP contribution in [0, 0.1) is 0 Å². The van der Waals surface area contributed by atoms with E-state index in [-0.39, 0.29) is 18.0 Å².